The summed E-state index contributed by atoms with van der Waals surface area (Å²) in [5.74, 6) is 0. The highest BCUT2D eigenvalue weighted by molar-refractivity contribution is 5.81. The number of rotatable bonds is 5. The highest BCUT2D eigenvalue weighted by Crippen LogP contribution is 2.43. The lowest BCUT2D eigenvalue weighted by Gasteiger charge is -2.38. The standard InChI is InChI=1S/C21H21F3N2O/c1-19(2,16-8-10-25-11-9-16)14-20(27,21(22,23)24)13-15-7-12-26-18-6-4-3-5-17(15)18/h3-12,27H,13-14H2,1-2H3. The highest BCUT2D eigenvalue weighted by atomic mass is 19.4. The fraction of sp³-hybridized carbons (Fsp3) is 0.333. The first-order valence-corrected chi connectivity index (χ1v) is 8.65. The number of benzene rings is 1. The molecule has 1 N–H and O–H groups in total. The van der Waals surface area contributed by atoms with Gasteiger partial charge in [-0.1, -0.05) is 32.0 Å². The first-order chi connectivity index (χ1) is 12.6. The third kappa shape index (κ3) is 3.95. The van der Waals surface area contributed by atoms with Crippen molar-refractivity contribution in [2.24, 2.45) is 0 Å². The molecule has 3 rings (SSSR count). The molecule has 0 fully saturated rings. The van der Waals surface area contributed by atoms with Gasteiger partial charge in [-0.3, -0.25) is 9.97 Å². The lowest BCUT2D eigenvalue weighted by molar-refractivity contribution is -0.266. The van der Waals surface area contributed by atoms with Crippen LogP contribution in [0.25, 0.3) is 10.9 Å². The van der Waals surface area contributed by atoms with E-state index in [1.54, 1.807) is 68.7 Å². The molecular formula is C21H21F3N2O. The fourth-order valence-corrected chi connectivity index (χ4v) is 3.52. The number of aliphatic hydroxyl groups is 1. The van der Waals surface area contributed by atoms with E-state index in [1.165, 1.54) is 6.20 Å². The Morgan fingerprint density at radius 2 is 1.59 bits per heavy atom. The van der Waals surface area contributed by atoms with E-state index in [2.05, 4.69) is 9.97 Å². The van der Waals surface area contributed by atoms with Crippen molar-refractivity contribution in [2.45, 2.75) is 43.9 Å². The molecular weight excluding hydrogens is 353 g/mol. The molecule has 6 heteroatoms. The summed E-state index contributed by atoms with van der Waals surface area (Å²) in [5, 5.41) is 11.4. The Kier molecular flexibility index (Phi) is 4.95. The van der Waals surface area contributed by atoms with E-state index in [-0.39, 0.29) is 0 Å². The van der Waals surface area contributed by atoms with Gasteiger partial charge in [-0.05, 0) is 47.2 Å². The van der Waals surface area contributed by atoms with Gasteiger partial charge in [-0.15, -0.1) is 0 Å². The van der Waals surface area contributed by atoms with Gasteiger partial charge in [0.15, 0.2) is 5.60 Å². The molecule has 0 radical (unpaired) electrons. The van der Waals surface area contributed by atoms with E-state index in [9.17, 15) is 18.3 Å². The maximum Gasteiger partial charge on any atom is 0.417 e. The number of fused-ring (bicyclic) bond motifs is 1. The predicted octanol–water partition coefficient (Wildman–Crippen LogP) is 4.83. The van der Waals surface area contributed by atoms with Gasteiger partial charge in [0.2, 0.25) is 0 Å². The first kappa shape index (κ1) is 19.3. The molecule has 0 saturated carbocycles. The summed E-state index contributed by atoms with van der Waals surface area (Å²) in [6.07, 6.45) is -1.22. The van der Waals surface area contributed by atoms with Crippen LogP contribution in [-0.4, -0.2) is 26.9 Å². The molecule has 1 atom stereocenters. The molecule has 0 aliphatic carbocycles. The van der Waals surface area contributed by atoms with Crippen molar-refractivity contribution in [1.82, 2.24) is 9.97 Å². The summed E-state index contributed by atoms with van der Waals surface area (Å²) in [4.78, 5) is 8.10. The summed E-state index contributed by atoms with van der Waals surface area (Å²) >= 11 is 0. The normalized spacial score (nSPS) is 14.9. The SMILES string of the molecule is CC(C)(CC(O)(Cc1ccnc2ccccc12)C(F)(F)F)c1ccncc1. The monoisotopic (exact) mass is 374 g/mol. The zero-order chi connectivity index (χ0) is 19.7. The molecule has 0 amide bonds. The Hall–Kier alpha value is -2.47. The molecule has 1 unspecified atom stereocenters. The molecule has 0 aliphatic heterocycles. The first-order valence-electron chi connectivity index (χ1n) is 8.65. The lowest BCUT2D eigenvalue weighted by atomic mass is 9.73. The second kappa shape index (κ2) is 6.93. The molecule has 3 aromatic rings. The van der Waals surface area contributed by atoms with Crippen LogP contribution in [-0.2, 0) is 11.8 Å². The third-order valence-corrected chi connectivity index (χ3v) is 4.95. The highest BCUT2D eigenvalue weighted by Gasteiger charge is 2.55. The van der Waals surface area contributed by atoms with E-state index >= 15 is 0 Å². The van der Waals surface area contributed by atoms with E-state index in [4.69, 9.17) is 0 Å². The number of hydrogen-bond acceptors (Lipinski definition) is 3. The molecule has 2 heterocycles. The molecule has 1 aromatic carbocycles. The van der Waals surface area contributed by atoms with E-state index in [0.29, 0.717) is 22.0 Å². The molecule has 0 aliphatic rings. The second-order valence-corrected chi connectivity index (χ2v) is 7.49. The Morgan fingerprint density at radius 1 is 0.926 bits per heavy atom. The largest absolute Gasteiger partial charge is 0.417 e. The molecule has 0 bridgehead atoms. The average Bonchev–Trinajstić information content (AvgIpc) is 2.61. The molecule has 2 aromatic heterocycles. The molecule has 3 nitrogen and oxygen atoms in total. The zero-order valence-electron chi connectivity index (χ0n) is 15.2. The van der Waals surface area contributed by atoms with Crippen LogP contribution in [0.1, 0.15) is 31.4 Å². The third-order valence-electron chi connectivity index (χ3n) is 4.95. The van der Waals surface area contributed by atoms with Gasteiger partial charge in [-0.2, -0.15) is 13.2 Å². The van der Waals surface area contributed by atoms with Crippen LogP contribution in [0.4, 0.5) is 13.2 Å². The van der Waals surface area contributed by atoms with Crippen LogP contribution < -0.4 is 0 Å². The smallest absolute Gasteiger partial charge is 0.380 e. The summed E-state index contributed by atoms with van der Waals surface area (Å²) in [7, 11) is 0. The van der Waals surface area contributed by atoms with Crippen molar-refractivity contribution in [1.29, 1.82) is 0 Å². The van der Waals surface area contributed by atoms with Crippen molar-refractivity contribution >= 4 is 10.9 Å². The maximum absolute atomic E-state index is 14.0. The zero-order valence-corrected chi connectivity index (χ0v) is 15.2. The topological polar surface area (TPSA) is 46.0 Å². The summed E-state index contributed by atoms with van der Waals surface area (Å²) in [6.45, 7) is 3.40. The number of pyridine rings is 2. The Labute approximate surface area is 155 Å². The lowest BCUT2D eigenvalue weighted by Crippen LogP contribution is -2.50. The van der Waals surface area contributed by atoms with Crippen molar-refractivity contribution < 1.29 is 18.3 Å². The number of alkyl halides is 3. The predicted molar refractivity (Wildman–Crippen MR) is 98.3 cm³/mol. The Bertz CT molecular complexity index is 920. The van der Waals surface area contributed by atoms with Gasteiger partial charge >= 0.3 is 6.18 Å². The number of nitrogens with zero attached hydrogens (tertiary/aromatic N) is 2. The van der Waals surface area contributed by atoms with Crippen LogP contribution in [0.3, 0.4) is 0 Å². The Balaban J connectivity index is 2.01. The minimum Gasteiger partial charge on any atom is -0.380 e. The van der Waals surface area contributed by atoms with Gasteiger partial charge < -0.3 is 5.11 Å². The second-order valence-electron chi connectivity index (χ2n) is 7.49. The minimum atomic E-state index is -4.78. The van der Waals surface area contributed by atoms with E-state index in [0.717, 1.165) is 0 Å². The van der Waals surface area contributed by atoms with Crippen LogP contribution in [0.5, 0.6) is 0 Å². The molecule has 27 heavy (non-hydrogen) atoms. The van der Waals surface area contributed by atoms with Crippen molar-refractivity contribution in [3.8, 4) is 0 Å². The minimum absolute atomic E-state index is 0.422. The van der Waals surface area contributed by atoms with Gasteiger partial charge in [0.05, 0.1) is 5.52 Å². The quantitative estimate of drug-likeness (QED) is 0.696. The van der Waals surface area contributed by atoms with Gasteiger partial charge in [0, 0.05) is 30.4 Å². The van der Waals surface area contributed by atoms with E-state index < -0.39 is 30.0 Å². The van der Waals surface area contributed by atoms with E-state index in [1.807, 2.05) is 0 Å². The number of aromatic nitrogens is 2. The van der Waals surface area contributed by atoms with Crippen molar-refractivity contribution in [3.63, 3.8) is 0 Å². The van der Waals surface area contributed by atoms with Crippen LogP contribution in [0.2, 0.25) is 0 Å². The van der Waals surface area contributed by atoms with Crippen LogP contribution >= 0.6 is 0 Å². The fourth-order valence-electron chi connectivity index (χ4n) is 3.52. The summed E-state index contributed by atoms with van der Waals surface area (Å²) in [5.41, 5.74) is -2.04. The average molecular weight is 374 g/mol. The van der Waals surface area contributed by atoms with Gasteiger partial charge in [0.1, 0.15) is 0 Å². The van der Waals surface area contributed by atoms with Gasteiger partial charge in [0.25, 0.3) is 0 Å². The summed E-state index contributed by atoms with van der Waals surface area (Å²) in [6, 6.07) is 11.9. The van der Waals surface area contributed by atoms with Crippen LogP contribution in [0, 0.1) is 0 Å². The van der Waals surface area contributed by atoms with Crippen LogP contribution in [0.15, 0.2) is 61.1 Å². The molecule has 0 spiro atoms. The summed E-state index contributed by atoms with van der Waals surface area (Å²) < 4.78 is 41.9. The van der Waals surface area contributed by atoms with Crippen molar-refractivity contribution in [2.75, 3.05) is 0 Å². The number of hydrogen-bond donors (Lipinski definition) is 1. The maximum atomic E-state index is 14.0. The van der Waals surface area contributed by atoms with Gasteiger partial charge in [-0.25, -0.2) is 0 Å². The molecule has 142 valence electrons. The molecule has 0 saturated heterocycles. The number of halogens is 3. The number of para-hydroxylation sites is 1. The van der Waals surface area contributed by atoms with Crippen molar-refractivity contribution in [3.05, 3.63) is 72.2 Å². The Morgan fingerprint density at radius 3 is 2.26 bits per heavy atom.